The zero-order valence-corrected chi connectivity index (χ0v) is 13.9. The Morgan fingerprint density at radius 3 is 2.10 bits per heavy atom. The number of hydrazine groups is 1. The van der Waals surface area contributed by atoms with Crippen LogP contribution in [-0.4, -0.2) is 55.2 Å². The molecule has 1 saturated carbocycles. The molecular formula is C16H34N4. The van der Waals surface area contributed by atoms with Crippen LogP contribution in [0.4, 0.5) is 0 Å². The zero-order chi connectivity index (χ0) is 14.8. The van der Waals surface area contributed by atoms with E-state index in [0.717, 1.165) is 38.6 Å². The van der Waals surface area contributed by atoms with Gasteiger partial charge < -0.3 is 10.6 Å². The second-order valence-corrected chi connectivity index (χ2v) is 8.03. The van der Waals surface area contributed by atoms with E-state index in [4.69, 9.17) is 5.73 Å². The van der Waals surface area contributed by atoms with Crippen molar-refractivity contribution in [3.63, 3.8) is 0 Å². The Morgan fingerprint density at radius 2 is 1.65 bits per heavy atom. The van der Waals surface area contributed by atoms with Gasteiger partial charge in [-0.15, -0.1) is 0 Å². The van der Waals surface area contributed by atoms with Gasteiger partial charge in [0.05, 0.1) is 0 Å². The Bertz CT molecular complexity index is 294. The molecule has 0 radical (unpaired) electrons. The third-order valence-electron chi connectivity index (χ3n) is 5.46. The molecule has 2 rings (SSSR count). The van der Waals surface area contributed by atoms with Crippen molar-refractivity contribution in [1.29, 1.82) is 0 Å². The van der Waals surface area contributed by atoms with Gasteiger partial charge in [-0.1, -0.05) is 20.8 Å². The Balaban J connectivity index is 1.88. The molecule has 20 heavy (non-hydrogen) atoms. The van der Waals surface area contributed by atoms with Crippen molar-refractivity contribution < 1.29 is 0 Å². The molecule has 0 spiro atoms. The molecule has 0 aromatic heterocycles. The molecule has 2 fully saturated rings. The molecule has 0 bridgehead atoms. The first-order valence-corrected chi connectivity index (χ1v) is 8.26. The molecule has 0 unspecified atom stereocenters. The first kappa shape index (κ1) is 16.2. The van der Waals surface area contributed by atoms with Gasteiger partial charge in [-0.3, -0.25) is 0 Å². The Labute approximate surface area is 125 Å². The van der Waals surface area contributed by atoms with Crippen LogP contribution in [0.1, 0.15) is 46.5 Å². The van der Waals surface area contributed by atoms with Gasteiger partial charge in [0.25, 0.3) is 0 Å². The van der Waals surface area contributed by atoms with E-state index in [-0.39, 0.29) is 5.54 Å². The van der Waals surface area contributed by atoms with Crippen LogP contribution in [0.25, 0.3) is 0 Å². The fourth-order valence-electron chi connectivity index (χ4n) is 3.65. The smallest absolute Gasteiger partial charge is 0.0448 e. The third kappa shape index (κ3) is 3.94. The van der Waals surface area contributed by atoms with Crippen LogP contribution < -0.4 is 11.2 Å². The lowest BCUT2D eigenvalue weighted by molar-refractivity contribution is 0.0207. The lowest BCUT2D eigenvalue weighted by atomic mass is 9.67. The van der Waals surface area contributed by atoms with Crippen molar-refractivity contribution in [2.24, 2.45) is 17.1 Å². The number of piperazine rings is 1. The molecule has 1 aliphatic carbocycles. The minimum atomic E-state index is 0.150. The monoisotopic (exact) mass is 282 g/mol. The topological polar surface area (TPSA) is 44.5 Å². The minimum absolute atomic E-state index is 0.150. The molecular weight excluding hydrogens is 248 g/mol. The first-order chi connectivity index (χ1) is 9.35. The van der Waals surface area contributed by atoms with Crippen LogP contribution in [0, 0.1) is 11.3 Å². The van der Waals surface area contributed by atoms with Gasteiger partial charge in [0.2, 0.25) is 0 Å². The molecule has 0 aromatic carbocycles. The SMILES string of the molecule is CN1CCN(NC2(CN)CCC(C(C)(C)C)CC2)CC1. The summed E-state index contributed by atoms with van der Waals surface area (Å²) in [6.45, 7) is 12.4. The second kappa shape index (κ2) is 6.30. The molecule has 4 heteroatoms. The van der Waals surface area contributed by atoms with Crippen LogP contribution in [0.2, 0.25) is 0 Å². The molecule has 1 aliphatic heterocycles. The predicted octanol–water partition coefficient (Wildman–Crippen LogP) is 1.67. The van der Waals surface area contributed by atoms with E-state index in [1.165, 1.54) is 25.7 Å². The number of hydrogen-bond acceptors (Lipinski definition) is 4. The van der Waals surface area contributed by atoms with Crippen molar-refractivity contribution in [2.45, 2.75) is 52.0 Å². The van der Waals surface area contributed by atoms with E-state index in [1.807, 2.05) is 0 Å². The highest BCUT2D eigenvalue weighted by Gasteiger charge is 2.39. The van der Waals surface area contributed by atoms with Gasteiger partial charge in [-0.2, -0.15) is 0 Å². The number of rotatable bonds is 3. The summed E-state index contributed by atoms with van der Waals surface area (Å²) >= 11 is 0. The second-order valence-electron chi connectivity index (χ2n) is 8.03. The maximum absolute atomic E-state index is 6.14. The van der Waals surface area contributed by atoms with E-state index in [9.17, 15) is 0 Å². The summed E-state index contributed by atoms with van der Waals surface area (Å²) in [5.74, 6) is 0.844. The fraction of sp³-hybridized carbons (Fsp3) is 1.00. The molecule has 1 saturated heterocycles. The predicted molar refractivity (Wildman–Crippen MR) is 85.4 cm³/mol. The molecule has 3 N–H and O–H groups in total. The van der Waals surface area contributed by atoms with Gasteiger partial charge in [-0.25, -0.2) is 10.4 Å². The minimum Gasteiger partial charge on any atom is -0.329 e. The van der Waals surface area contributed by atoms with Crippen molar-refractivity contribution in [2.75, 3.05) is 39.8 Å². The molecule has 0 atom stereocenters. The highest BCUT2D eigenvalue weighted by atomic mass is 15.5. The summed E-state index contributed by atoms with van der Waals surface area (Å²) in [7, 11) is 2.20. The van der Waals surface area contributed by atoms with Gasteiger partial charge in [0.1, 0.15) is 0 Å². The first-order valence-electron chi connectivity index (χ1n) is 8.26. The van der Waals surface area contributed by atoms with E-state index in [0.29, 0.717) is 5.41 Å². The number of hydrogen-bond donors (Lipinski definition) is 2. The maximum Gasteiger partial charge on any atom is 0.0448 e. The van der Waals surface area contributed by atoms with Crippen LogP contribution in [0.3, 0.4) is 0 Å². The summed E-state index contributed by atoms with van der Waals surface area (Å²) in [4.78, 5) is 2.39. The number of nitrogens with two attached hydrogens (primary N) is 1. The van der Waals surface area contributed by atoms with Gasteiger partial charge >= 0.3 is 0 Å². The van der Waals surface area contributed by atoms with Gasteiger partial charge in [-0.05, 0) is 44.1 Å². The Morgan fingerprint density at radius 1 is 1.10 bits per heavy atom. The standard InChI is InChI=1S/C16H34N4/c1-15(2,3)14-5-7-16(13-17,8-6-14)18-20-11-9-19(4)10-12-20/h14,18H,5-13,17H2,1-4H3. The molecule has 0 amide bonds. The molecule has 118 valence electrons. The van der Waals surface area contributed by atoms with E-state index < -0.39 is 0 Å². The molecule has 4 nitrogen and oxygen atoms in total. The maximum atomic E-state index is 6.14. The molecule has 2 aliphatic rings. The fourth-order valence-corrected chi connectivity index (χ4v) is 3.65. The van der Waals surface area contributed by atoms with Crippen LogP contribution >= 0.6 is 0 Å². The lowest BCUT2D eigenvalue weighted by Gasteiger charge is -2.47. The summed E-state index contributed by atoms with van der Waals surface area (Å²) in [6.07, 6.45) is 5.05. The van der Waals surface area contributed by atoms with E-state index >= 15 is 0 Å². The van der Waals surface area contributed by atoms with Crippen molar-refractivity contribution >= 4 is 0 Å². The van der Waals surface area contributed by atoms with E-state index in [1.54, 1.807) is 0 Å². The largest absolute Gasteiger partial charge is 0.329 e. The van der Waals surface area contributed by atoms with Gasteiger partial charge in [0, 0.05) is 38.3 Å². The molecule has 0 aromatic rings. The third-order valence-corrected chi connectivity index (χ3v) is 5.46. The van der Waals surface area contributed by atoms with Crippen molar-refractivity contribution in [3.8, 4) is 0 Å². The Hall–Kier alpha value is -0.160. The van der Waals surface area contributed by atoms with Crippen molar-refractivity contribution in [3.05, 3.63) is 0 Å². The summed E-state index contributed by atoms with van der Waals surface area (Å²) in [5, 5.41) is 2.41. The van der Waals surface area contributed by atoms with Crippen LogP contribution in [-0.2, 0) is 0 Å². The summed E-state index contributed by atoms with van der Waals surface area (Å²) < 4.78 is 0. The van der Waals surface area contributed by atoms with Crippen molar-refractivity contribution in [1.82, 2.24) is 15.3 Å². The van der Waals surface area contributed by atoms with E-state index in [2.05, 4.69) is 43.2 Å². The van der Waals surface area contributed by atoms with Gasteiger partial charge in [0.15, 0.2) is 0 Å². The average Bonchev–Trinajstić information content (AvgIpc) is 2.41. The normalized spacial score (nSPS) is 34.4. The lowest BCUT2D eigenvalue weighted by Crippen LogP contribution is -2.63. The number of nitrogens with one attached hydrogen (secondary N) is 1. The number of likely N-dealkylation sites (N-methyl/N-ethyl adjacent to an activating group) is 1. The zero-order valence-electron chi connectivity index (χ0n) is 13.9. The highest BCUT2D eigenvalue weighted by molar-refractivity contribution is 4.95. The summed E-state index contributed by atoms with van der Waals surface area (Å²) in [6, 6.07) is 0. The Kier molecular flexibility index (Phi) is 5.11. The number of nitrogens with zero attached hydrogens (tertiary/aromatic N) is 2. The van der Waals surface area contributed by atoms with Crippen LogP contribution in [0.15, 0.2) is 0 Å². The highest BCUT2D eigenvalue weighted by Crippen LogP contribution is 2.41. The molecule has 1 heterocycles. The van der Waals surface area contributed by atoms with Crippen LogP contribution in [0.5, 0.6) is 0 Å². The quantitative estimate of drug-likeness (QED) is 0.826. The average molecular weight is 282 g/mol. The summed E-state index contributed by atoms with van der Waals surface area (Å²) in [5.41, 5.74) is 10.5.